The molecule has 0 radical (unpaired) electrons. The number of H-pyrrole nitrogens is 2. The third-order valence-corrected chi connectivity index (χ3v) is 5.79. The summed E-state index contributed by atoms with van der Waals surface area (Å²) in [5, 5.41) is 11.9. The zero-order valence-corrected chi connectivity index (χ0v) is 16.2. The number of aromatic amines is 2. The van der Waals surface area contributed by atoms with Gasteiger partial charge in [-0.15, -0.1) is 11.3 Å². The molecule has 0 aliphatic heterocycles. The molecular weight excluding hydrogens is 456 g/mol. The van der Waals surface area contributed by atoms with Crippen LogP contribution >= 0.6 is 27.3 Å². The maximum absolute atomic E-state index is 13.4. The van der Waals surface area contributed by atoms with Crippen LogP contribution in [0.15, 0.2) is 39.2 Å². The second-order valence-corrected chi connectivity index (χ2v) is 7.56. The first kappa shape index (κ1) is 18.4. The van der Waals surface area contributed by atoms with E-state index < -0.39 is 23.1 Å². The average Bonchev–Trinajstić information content (AvgIpc) is 3.27. The molecule has 0 fully saturated rings. The summed E-state index contributed by atoms with van der Waals surface area (Å²) < 4.78 is 27.5. The minimum absolute atomic E-state index is 0.132. The van der Waals surface area contributed by atoms with Gasteiger partial charge in [0.25, 0.3) is 5.56 Å². The number of pyridine rings is 1. The van der Waals surface area contributed by atoms with Gasteiger partial charge in [-0.05, 0) is 28.1 Å². The van der Waals surface area contributed by atoms with Crippen molar-refractivity contribution in [3.63, 3.8) is 0 Å². The summed E-state index contributed by atoms with van der Waals surface area (Å²) in [6.07, 6.45) is 1.11. The standard InChI is InChI=1S/C17H10BrF2N5O2S/c18-9-5-28-17(14(9)15-21-6-22-25-15)24-13(26)3-8-1-7-2-10(19)11(20)4-12(7)23-16(8)27/h1-2,4-6H,3H2,(H,23,27)(H,24,26)(H,21,22,25). The molecule has 1 aromatic carbocycles. The van der Waals surface area contributed by atoms with Gasteiger partial charge in [0.05, 0.1) is 17.5 Å². The van der Waals surface area contributed by atoms with Crippen LogP contribution < -0.4 is 10.9 Å². The minimum atomic E-state index is -1.06. The lowest BCUT2D eigenvalue weighted by Gasteiger charge is -2.07. The van der Waals surface area contributed by atoms with Gasteiger partial charge in [-0.25, -0.2) is 13.8 Å². The van der Waals surface area contributed by atoms with Crippen LogP contribution in [-0.2, 0) is 11.2 Å². The SMILES string of the molecule is O=C(Cc1cc2cc(F)c(F)cc2[nH]c1=O)Nc1scc(Br)c1-c1ncn[nH]1. The summed E-state index contributed by atoms with van der Waals surface area (Å²) in [5.41, 5.74) is 0.382. The fourth-order valence-corrected chi connectivity index (χ4v) is 4.33. The normalized spacial score (nSPS) is 11.1. The number of rotatable bonds is 4. The maximum atomic E-state index is 13.4. The topological polar surface area (TPSA) is 104 Å². The number of aromatic nitrogens is 4. The number of hydrogen-bond acceptors (Lipinski definition) is 5. The number of fused-ring (bicyclic) bond motifs is 1. The summed E-state index contributed by atoms with van der Waals surface area (Å²) >= 11 is 4.68. The van der Waals surface area contributed by atoms with Crippen LogP contribution in [0.1, 0.15) is 5.56 Å². The number of carbonyl (C=O) groups excluding carboxylic acids is 1. The lowest BCUT2D eigenvalue weighted by molar-refractivity contribution is -0.115. The monoisotopic (exact) mass is 465 g/mol. The molecule has 7 nitrogen and oxygen atoms in total. The van der Waals surface area contributed by atoms with E-state index in [9.17, 15) is 18.4 Å². The zero-order chi connectivity index (χ0) is 19.8. The Morgan fingerprint density at radius 2 is 2.04 bits per heavy atom. The Labute approximate surface area is 168 Å². The van der Waals surface area contributed by atoms with Crippen LogP contribution in [0.25, 0.3) is 22.3 Å². The number of thiophene rings is 1. The predicted molar refractivity (Wildman–Crippen MR) is 104 cm³/mol. The highest BCUT2D eigenvalue weighted by Gasteiger charge is 2.18. The molecule has 3 N–H and O–H groups in total. The second-order valence-electron chi connectivity index (χ2n) is 5.82. The number of nitrogens with zero attached hydrogens (tertiary/aromatic N) is 2. The van der Waals surface area contributed by atoms with Gasteiger partial charge in [-0.2, -0.15) is 5.10 Å². The number of anilines is 1. The number of carbonyl (C=O) groups is 1. The molecule has 0 spiro atoms. The largest absolute Gasteiger partial charge is 0.322 e. The third kappa shape index (κ3) is 3.45. The molecule has 3 heterocycles. The van der Waals surface area contributed by atoms with Crippen LogP contribution in [0.4, 0.5) is 13.8 Å². The van der Waals surface area contributed by atoms with Crippen molar-refractivity contribution in [3.05, 3.63) is 61.9 Å². The molecule has 4 aromatic rings. The quantitative estimate of drug-likeness (QED) is 0.428. The average molecular weight is 466 g/mol. The molecule has 0 aliphatic rings. The Bertz CT molecular complexity index is 1250. The van der Waals surface area contributed by atoms with E-state index in [-0.39, 0.29) is 17.5 Å². The van der Waals surface area contributed by atoms with E-state index in [1.165, 1.54) is 23.7 Å². The van der Waals surface area contributed by atoms with Crippen molar-refractivity contribution >= 4 is 49.1 Å². The van der Waals surface area contributed by atoms with Crippen molar-refractivity contribution in [1.82, 2.24) is 20.2 Å². The van der Waals surface area contributed by atoms with Crippen molar-refractivity contribution in [1.29, 1.82) is 0 Å². The van der Waals surface area contributed by atoms with Gasteiger partial charge in [0.1, 0.15) is 11.3 Å². The van der Waals surface area contributed by atoms with Crippen molar-refractivity contribution < 1.29 is 13.6 Å². The fourth-order valence-electron chi connectivity index (χ4n) is 2.70. The Kier molecular flexibility index (Phi) is 4.77. The number of benzene rings is 1. The number of hydrogen-bond donors (Lipinski definition) is 3. The fraction of sp³-hybridized carbons (Fsp3) is 0.0588. The summed E-state index contributed by atoms with van der Waals surface area (Å²) in [5.74, 6) is -2.06. The van der Waals surface area contributed by atoms with E-state index in [1.807, 2.05) is 0 Å². The first-order valence-corrected chi connectivity index (χ1v) is 9.53. The van der Waals surface area contributed by atoms with Gasteiger partial charge < -0.3 is 10.3 Å². The van der Waals surface area contributed by atoms with E-state index in [2.05, 4.69) is 41.4 Å². The number of amides is 1. The van der Waals surface area contributed by atoms with Gasteiger partial charge in [-0.3, -0.25) is 14.7 Å². The maximum Gasteiger partial charge on any atom is 0.252 e. The molecule has 0 saturated heterocycles. The van der Waals surface area contributed by atoms with Crippen LogP contribution in [0.3, 0.4) is 0 Å². The molecule has 28 heavy (non-hydrogen) atoms. The van der Waals surface area contributed by atoms with Gasteiger partial charge in [0.15, 0.2) is 17.5 Å². The molecule has 0 saturated carbocycles. The van der Waals surface area contributed by atoms with Gasteiger partial charge >= 0.3 is 0 Å². The lowest BCUT2D eigenvalue weighted by Crippen LogP contribution is -2.21. The minimum Gasteiger partial charge on any atom is -0.322 e. The van der Waals surface area contributed by atoms with Crippen molar-refractivity contribution in [2.45, 2.75) is 6.42 Å². The van der Waals surface area contributed by atoms with E-state index >= 15 is 0 Å². The lowest BCUT2D eigenvalue weighted by atomic mass is 10.1. The van der Waals surface area contributed by atoms with Crippen molar-refractivity contribution in [3.8, 4) is 11.4 Å². The molecule has 1 amide bonds. The smallest absolute Gasteiger partial charge is 0.252 e. The highest BCUT2D eigenvalue weighted by molar-refractivity contribution is 9.10. The molecule has 142 valence electrons. The van der Waals surface area contributed by atoms with E-state index in [4.69, 9.17) is 0 Å². The molecule has 11 heteroatoms. The molecular formula is C17H10BrF2N5O2S. The van der Waals surface area contributed by atoms with Crippen LogP contribution in [0, 0.1) is 11.6 Å². The van der Waals surface area contributed by atoms with Crippen molar-refractivity contribution in [2.24, 2.45) is 0 Å². The third-order valence-electron chi connectivity index (χ3n) is 3.96. The number of halogens is 3. The van der Waals surface area contributed by atoms with E-state index in [0.717, 1.165) is 16.6 Å². The summed E-state index contributed by atoms with van der Waals surface area (Å²) in [6.45, 7) is 0. The Morgan fingerprint density at radius 1 is 1.25 bits per heavy atom. The number of nitrogens with one attached hydrogen (secondary N) is 3. The van der Waals surface area contributed by atoms with Gasteiger partial charge in [-0.1, -0.05) is 0 Å². The highest BCUT2D eigenvalue weighted by Crippen LogP contribution is 2.38. The molecule has 0 bridgehead atoms. The highest BCUT2D eigenvalue weighted by atomic mass is 79.9. The zero-order valence-electron chi connectivity index (χ0n) is 13.8. The second kappa shape index (κ2) is 7.24. The first-order valence-electron chi connectivity index (χ1n) is 7.86. The van der Waals surface area contributed by atoms with E-state index in [1.54, 1.807) is 5.38 Å². The first-order chi connectivity index (χ1) is 13.4. The van der Waals surface area contributed by atoms with Gasteiger partial charge in [0, 0.05) is 26.9 Å². The molecule has 0 unspecified atom stereocenters. The summed E-state index contributed by atoms with van der Waals surface area (Å²) in [4.78, 5) is 31.2. The van der Waals surface area contributed by atoms with Crippen LogP contribution in [-0.4, -0.2) is 26.1 Å². The molecule has 0 aliphatic carbocycles. The van der Waals surface area contributed by atoms with E-state index in [0.29, 0.717) is 21.8 Å². The predicted octanol–water partition coefficient (Wildman–Crippen LogP) is 3.60. The Morgan fingerprint density at radius 3 is 2.79 bits per heavy atom. The molecule has 4 rings (SSSR count). The van der Waals surface area contributed by atoms with Crippen LogP contribution in [0.5, 0.6) is 0 Å². The van der Waals surface area contributed by atoms with Crippen LogP contribution in [0.2, 0.25) is 0 Å². The Balaban J connectivity index is 1.61. The molecule has 3 aromatic heterocycles. The Hall–Kier alpha value is -2.92. The summed E-state index contributed by atoms with van der Waals surface area (Å²) in [7, 11) is 0. The van der Waals surface area contributed by atoms with Crippen molar-refractivity contribution in [2.75, 3.05) is 5.32 Å². The molecule has 0 atom stereocenters. The summed E-state index contributed by atoms with van der Waals surface area (Å²) in [6, 6.07) is 3.25. The van der Waals surface area contributed by atoms with Gasteiger partial charge in [0.2, 0.25) is 5.91 Å².